The Balaban J connectivity index is 1.77. The molecule has 4 aromatic rings. The first-order valence-corrected chi connectivity index (χ1v) is 9.86. The lowest BCUT2D eigenvalue weighted by Gasteiger charge is -2.12. The van der Waals surface area contributed by atoms with Gasteiger partial charge in [-0.1, -0.05) is 29.8 Å². The van der Waals surface area contributed by atoms with E-state index in [1.165, 1.54) is 0 Å². The van der Waals surface area contributed by atoms with Crippen molar-refractivity contribution >= 4 is 22.5 Å². The summed E-state index contributed by atoms with van der Waals surface area (Å²) >= 11 is 6.43. The minimum absolute atomic E-state index is 0.146. The molecule has 1 N–H and O–H groups in total. The minimum atomic E-state index is -0.146. The van der Waals surface area contributed by atoms with Crippen molar-refractivity contribution in [1.82, 2.24) is 9.55 Å². The quantitative estimate of drug-likeness (QED) is 0.507. The van der Waals surface area contributed by atoms with Crippen LogP contribution < -0.4 is 14.2 Å². The number of aliphatic hydroxyl groups excluding tert-OH is 1. The highest BCUT2D eigenvalue weighted by Crippen LogP contribution is 2.43. The molecule has 0 unspecified atom stereocenters. The van der Waals surface area contributed by atoms with E-state index in [4.69, 9.17) is 25.8 Å². The first-order chi connectivity index (χ1) is 14.7. The number of rotatable bonds is 5. The standard InChI is InChI=1S/C23H19ClN2O4/c1-28-22-7-6-14(10-25-22)23-16-8-20-21(30-13-29-20)9-18(16)26(19(23)12-27)11-15-4-2-3-5-17(15)24/h2-10,27H,11-13H2,1H3. The molecular weight excluding hydrogens is 404 g/mol. The van der Waals surface area contributed by atoms with E-state index in [2.05, 4.69) is 9.55 Å². The summed E-state index contributed by atoms with van der Waals surface area (Å²) in [6.07, 6.45) is 1.75. The lowest BCUT2D eigenvalue weighted by atomic mass is 10.0. The third-order valence-electron chi connectivity index (χ3n) is 5.34. The Morgan fingerprint density at radius 1 is 1.13 bits per heavy atom. The second kappa shape index (κ2) is 7.55. The van der Waals surface area contributed by atoms with Gasteiger partial charge >= 0.3 is 0 Å². The molecule has 1 aliphatic heterocycles. The van der Waals surface area contributed by atoms with E-state index in [-0.39, 0.29) is 13.4 Å². The fraction of sp³-hybridized carbons (Fsp3) is 0.174. The Hall–Kier alpha value is -3.22. The van der Waals surface area contributed by atoms with Gasteiger partial charge in [0, 0.05) is 46.4 Å². The monoisotopic (exact) mass is 422 g/mol. The molecule has 0 amide bonds. The third-order valence-corrected chi connectivity index (χ3v) is 5.70. The topological polar surface area (TPSA) is 65.7 Å². The molecule has 7 heteroatoms. The van der Waals surface area contributed by atoms with Gasteiger partial charge in [-0.05, 0) is 23.8 Å². The number of ether oxygens (including phenoxy) is 3. The number of benzene rings is 2. The van der Waals surface area contributed by atoms with Gasteiger partial charge in [0.1, 0.15) is 0 Å². The largest absolute Gasteiger partial charge is 0.481 e. The highest BCUT2D eigenvalue weighted by Gasteiger charge is 2.24. The SMILES string of the molecule is COc1ccc(-c2c(CO)n(Cc3ccccc3Cl)c3cc4c(cc23)OCO4)cn1. The molecule has 152 valence electrons. The van der Waals surface area contributed by atoms with Gasteiger partial charge in [0.05, 0.1) is 24.9 Å². The number of aromatic nitrogens is 2. The number of hydrogen-bond donors (Lipinski definition) is 1. The third kappa shape index (κ3) is 3.05. The van der Waals surface area contributed by atoms with Crippen LogP contribution in [-0.4, -0.2) is 28.6 Å². The molecule has 0 radical (unpaired) electrons. The molecule has 0 saturated carbocycles. The van der Waals surface area contributed by atoms with E-state index in [9.17, 15) is 5.11 Å². The lowest BCUT2D eigenvalue weighted by molar-refractivity contribution is 0.174. The number of hydrogen-bond acceptors (Lipinski definition) is 5. The fourth-order valence-electron chi connectivity index (χ4n) is 3.90. The molecule has 2 aromatic heterocycles. The summed E-state index contributed by atoms with van der Waals surface area (Å²) in [4.78, 5) is 4.35. The molecule has 3 heterocycles. The van der Waals surface area contributed by atoms with Crippen molar-refractivity contribution in [2.24, 2.45) is 0 Å². The summed E-state index contributed by atoms with van der Waals surface area (Å²) < 4.78 is 18.5. The molecule has 2 aromatic carbocycles. The number of halogens is 1. The number of methoxy groups -OCH3 is 1. The Labute approximate surface area is 178 Å². The molecule has 0 spiro atoms. The predicted molar refractivity (Wildman–Crippen MR) is 114 cm³/mol. The first-order valence-electron chi connectivity index (χ1n) is 9.49. The normalized spacial score (nSPS) is 12.5. The molecule has 6 nitrogen and oxygen atoms in total. The minimum Gasteiger partial charge on any atom is -0.481 e. The molecule has 0 aliphatic carbocycles. The maximum absolute atomic E-state index is 10.4. The van der Waals surface area contributed by atoms with E-state index in [1.54, 1.807) is 19.4 Å². The molecule has 30 heavy (non-hydrogen) atoms. The summed E-state index contributed by atoms with van der Waals surface area (Å²) in [5, 5.41) is 12.0. The average molecular weight is 423 g/mol. The zero-order valence-electron chi connectivity index (χ0n) is 16.3. The zero-order chi connectivity index (χ0) is 20.7. The van der Waals surface area contributed by atoms with Crippen molar-refractivity contribution in [2.45, 2.75) is 13.2 Å². The van der Waals surface area contributed by atoms with Crippen LogP contribution in [0.2, 0.25) is 5.02 Å². The van der Waals surface area contributed by atoms with E-state index in [0.29, 0.717) is 28.9 Å². The van der Waals surface area contributed by atoms with Crippen molar-refractivity contribution in [2.75, 3.05) is 13.9 Å². The van der Waals surface area contributed by atoms with E-state index >= 15 is 0 Å². The zero-order valence-corrected chi connectivity index (χ0v) is 17.0. The Bertz CT molecular complexity index is 1230. The van der Waals surface area contributed by atoms with E-state index in [1.807, 2.05) is 42.5 Å². The lowest BCUT2D eigenvalue weighted by Crippen LogP contribution is -2.05. The smallest absolute Gasteiger partial charge is 0.231 e. The molecule has 0 saturated heterocycles. The van der Waals surface area contributed by atoms with Gasteiger partial charge in [0.25, 0.3) is 0 Å². The van der Waals surface area contributed by atoms with Crippen molar-refractivity contribution in [3.8, 4) is 28.5 Å². The van der Waals surface area contributed by atoms with Crippen LogP contribution in [0, 0.1) is 0 Å². The highest BCUT2D eigenvalue weighted by molar-refractivity contribution is 6.31. The van der Waals surface area contributed by atoms with Crippen LogP contribution in [0.3, 0.4) is 0 Å². The Morgan fingerprint density at radius 2 is 1.93 bits per heavy atom. The van der Waals surface area contributed by atoms with E-state index < -0.39 is 0 Å². The molecule has 0 bridgehead atoms. The van der Waals surface area contributed by atoms with Gasteiger partial charge in [-0.3, -0.25) is 0 Å². The number of aliphatic hydroxyl groups is 1. The first kappa shape index (κ1) is 18.8. The highest BCUT2D eigenvalue weighted by atomic mass is 35.5. The summed E-state index contributed by atoms with van der Waals surface area (Å²) in [6, 6.07) is 15.4. The van der Waals surface area contributed by atoms with Crippen LogP contribution in [0.15, 0.2) is 54.7 Å². The summed E-state index contributed by atoms with van der Waals surface area (Å²) in [5.74, 6) is 1.90. The van der Waals surface area contributed by atoms with Gasteiger partial charge in [-0.2, -0.15) is 0 Å². The number of nitrogens with zero attached hydrogens (tertiary/aromatic N) is 2. The Morgan fingerprint density at radius 3 is 2.63 bits per heavy atom. The second-order valence-electron chi connectivity index (χ2n) is 6.97. The van der Waals surface area contributed by atoms with Crippen LogP contribution in [0.1, 0.15) is 11.3 Å². The maximum Gasteiger partial charge on any atom is 0.231 e. The molecule has 0 atom stereocenters. The molecule has 5 rings (SSSR count). The summed E-state index contributed by atoms with van der Waals surface area (Å²) in [5.41, 5.74) is 4.42. The van der Waals surface area contributed by atoms with Crippen molar-refractivity contribution in [1.29, 1.82) is 0 Å². The predicted octanol–water partition coefficient (Wildman–Crippen LogP) is 4.63. The van der Waals surface area contributed by atoms with Crippen LogP contribution in [-0.2, 0) is 13.2 Å². The van der Waals surface area contributed by atoms with Gasteiger partial charge in [-0.25, -0.2) is 4.98 Å². The van der Waals surface area contributed by atoms with Crippen molar-refractivity contribution < 1.29 is 19.3 Å². The maximum atomic E-state index is 10.4. The van der Waals surface area contributed by atoms with Crippen molar-refractivity contribution in [3.63, 3.8) is 0 Å². The van der Waals surface area contributed by atoms with Crippen LogP contribution >= 0.6 is 11.6 Å². The van der Waals surface area contributed by atoms with Crippen LogP contribution in [0.5, 0.6) is 17.4 Å². The molecular formula is C23H19ClN2O4. The van der Waals surface area contributed by atoms with E-state index in [0.717, 1.165) is 33.3 Å². The van der Waals surface area contributed by atoms with Gasteiger partial charge in [0.2, 0.25) is 12.7 Å². The van der Waals surface area contributed by atoms with Crippen LogP contribution in [0.25, 0.3) is 22.0 Å². The van der Waals surface area contributed by atoms with Crippen LogP contribution in [0.4, 0.5) is 0 Å². The van der Waals surface area contributed by atoms with Gasteiger partial charge in [0.15, 0.2) is 11.5 Å². The average Bonchev–Trinajstić information content (AvgIpc) is 3.35. The molecule has 0 fully saturated rings. The summed E-state index contributed by atoms with van der Waals surface area (Å²) in [6.45, 7) is 0.556. The Kier molecular flexibility index (Phi) is 4.73. The van der Waals surface area contributed by atoms with Crippen molar-refractivity contribution in [3.05, 3.63) is 71.0 Å². The molecule has 1 aliphatic rings. The summed E-state index contributed by atoms with van der Waals surface area (Å²) in [7, 11) is 1.58. The number of fused-ring (bicyclic) bond motifs is 2. The second-order valence-corrected chi connectivity index (χ2v) is 7.38. The fourth-order valence-corrected chi connectivity index (χ4v) is 4.10. The number of pyridine rings is 1. The van der Waals surface area contributed by atoms with Gasteiger partial charge in [-0.15, -0.1) is 0 Å². The van der Waals surface area contributed by atoms with Gasteiger partial charge < -0.3 is 23.9 Å².